The Morgan fingerprint density at radius 2 is 2.06 bits per heavy atom. The van der Waals surface area contributed by atoms with Crippen LogP contribution in [0.5, 0.6) is 11.5 Å². The van der Waals surface area contributed by atoms with Gasteiger partial charge in [0.15, 0.2) is 5.96 Å². The summed E-state index contributed by atoms with van der Waals surface area (Å²) in [4.78, 5) is 18.8. The maximum Gasteiger partial charge on any atom is 0.246 e. The molecule has 0 aliphatic carbocycles. The van der Waals surface area contributed by atoms with Crippen LogP contribution in [0.15, 0.2) is 41.4 Å². The summed E-state index contributed by atoms with van der Waals surface area (Å²) in [7, 11) is 1.70. The van der Waals surface area contributed by atoms with Crippen molar-refractivity contribution in [2.45, 2.75) is 39.3 Å². The molecule has 2 heterocycles. The minimum atomic E-state index is 0. The Balaban J connectivity index is 0.00000289. The molecule has 32 heavy (non-hydrogen) atoms. The third-order valence-corrected chi connectivity index (χ3v) is 5.64. The quantitative estimate of drug-likeness (QED) is 0.328. The fraction of sp³-hybridized carbons (Fsp3) is 0.417. The van der Waals surface area contributed by atoms with Gasteiger partial charge in [-0.1, -0.05) is 18.2 Å². The normalized spacial score (nSPS) is 16.5. The molecule has 1 unspecified atom stereocenters. The van der Waals surface area contributed by atoms with E-state index >= 15 is 0 Å². The molecular formula is C24H31IN4O3. The first-order valence-electron chi connectivity index (χ1n) is 10.9. The molecule has 0 bridgehead atoms. The number of carbonyl (C=O) groups excluding carboxylic acids is 1. The second-order valence-electron chi connectivity index (χ2n) is 7.84. The van der Waals surface area contributed by atoms with Crippen LogP contribution in [0.1, 0.15) is 30.5 Å². The molecule has 0 saturated heterocycles. The van der Waals surface area contributed by atoms with Crippen LogP contribution in [-0.2, 0) is 24.2 Å². The first-order chi connectivity index (χ1) is 15.1. The number of nitrogens with one attached hydrogen (secondary N) is 2. The second kappa shape index (κ2) is 10.9. The zero-order valence-corrected chi connectivity index (χ0v) is 21.1. The molecule has 2 N–H and O–H groups in total. The van der Waals surface area contributed by atoms with Crippen LogP contribution in [-0.4, -0.2) is 44.7 Å². The molecule has 7 nitrogen and oxygen atoms in total. The standard InChI is InChI=1S/C24H30N4O3.HI/c1-4-30-21-12-18-11-16(2)31-22(18)13-19(21)14-26-24(25-3)27-15-23(29)28-10-9-17-7-5-6-8-20(17)28;/h5-8,12-13,16H,4,9-11,14-15H2,1-3H3,(H2,25,26,27);1H. The molecule has 4 rings (SSSR count). The van der Waals surface area contributed by atoms with Crippen molar-refractivity contribution in [3.05, 3.63) is 53.1 Å². The molecule has 172 valence electrons. The summed E-state index contributed by atoms with van der Waals surface area (Å²) in [6.45, 7) is 6.06. The Morgan fingerprint density at radius 1 is 1.25 bits per heavy atom. The van der Waals surface area contributed by atoms with Crippen molar-refractivity contribution < 1.29 is 14.3 Å². The van der Waals surface area contributed by atoms with Crippen LogP contribution in [0.2, 0.25) is 0 Å². The average molecular weight is 550 g/mol. The second-order valence-corrected chi connectivity index (χ2v) is 7.84. The van der Waals surface area contributed by atoms with Crippen LogP contribution < -0.4 is 25.0 Å². The van der Waals surface area contributed by atoms with Crippen LogP contribution in [0.3, 0.4) is 0 Å². The van der Waals surface area contributed by atoms with E-state index < -0.39 is 0 Å². The van der Waals surface area contributed by atoms with Crippen molar-refractivity contribution in [3.63, 3.8) is 0 Å². The molecule has 2 aliphatic rings. The number of carbonyl (C=O) groups is 1. The third-order valence-electron chi connectivity index (χ3n) is 5.64. The molecule has 8 heteroatoms. The topological polar surface area (TPSA) is 75.2 Å². The fourth-order valence-corrected chi connectivity index (χ4v) is 4.16. The molecule has 0 aromatic heterocycles. The Bertz CT molecular complexity index is 995. The van der Waals surface area contributed by atoms with Crippen molar-refractivity contribution in [1.82, 2.24) is 10.6 Å². The number of nitrogens with zero attached hydrogens (tertiary/aromatic N) is 2. The summed E-state index contributed by atoms with van der Waals surface area (Å²) < 4.78 is 11.7. The van der Waals surface area contributed by atoms with Gasteiger partial charge in [0, 0.05) is 43.4 Å². The molecule has 0 spiro atoms. The number of anilines is 1. The number of hydrogen-bond donors (Lipinski definition) is 2. The van der Waals surface area contributed by atoms with Crippen molar-refractivity contribution in [1.29, 1.82) is 0 Å². The van der Waals surface area contributed by atoms with E-state index in [-0.39, 0.29) is 42.5 Å². The number of para-hydroxylation sites is 1. The lowest BCUT2D eigenvalue weighted by Gasteiger charge is -2.19. The highest BCUT2D eigenvalue weighted by atomic mass is 127. The number of amides is 1. The number of benzene rings is 2. The van der Waals surface area contributed by atoms with Crippen LogP contribution in [0.4, 0.5) is 5.69 Å². The molecule has 0 saturated carbocycles. The van der Waals surface area contributed by atoms with Gasteiger partial charge in [-0.2, -0.15) is 0 Å². The van der Waals surface area contributed by atoms with Crippen molar-refractivity contribution in [2.75, 3.05) is 31.6 Å². The van der Waals surface area contributed by atoms with E-state index in [1.807, 2.05) is 36.1 Å². The van der Waals surface area contributed by atoms with Gasteiger partial charge < -0.3 is 25.0 Å². The Hall–Kier alpha value is -2.49. The maximum atomic E-state index is 12.7. The lowest BCUT2D eigenvalue weighted by atomic mass is 10.1. The highest BCUT2D eigenvalue weighted by Gasteiger charge is 2.24. The number of ether oxygens (including phenoxy) is 2. The van der Waals surface area contributed by atoms with E-state index in [2.05, 4.69) is 34.7 Å². The van der Waals surface area contributed by atoms with Gasteiger partial charge in [0.05, 0.1) is 13.2 Å². The Kier molecular flexibility index (Phi) is 8.22. The molecule has 2 aliphatic heterocycles. The van der Waals surface area contributed by atoms with E-state index in [1.54, 1.807) is 7.05 Å². The lowest BCUT2D eigenvalue weighted by molar-refractivity contribution is -0.117. The number of rotatable bonds is 6. The first-order valence-corrected chi connectivity index (χ1v) is 10.9. The highest BCUT2D eigenvalue weighted by molar-refractivity contribution is 14.0. The zero-order valence-electron chi connectivity index (χ0n) is 18.8. The highest BCUT2D eigenvalue weighted by Crippen LogP contribution is 2.35. The summed E-state index contributed by atoms with van der Waals surface area (Å²) >= 11 is 0. The third kappa shape index (κ3) is 5.28. The predicted molar refractivity (Wildman–Crippen MR) is 138 cm³/mol. The number of guanidine groups is 1. The van der Waals surface area contributed by atoms with E-state index in [4.69, 9.17) is 9.47 Å². The van der Waals surface area contributed by atoms with Gasteiger partial charge in [0.2, 0.25) is 5.91 Å². The van der Waals surface area contributed by atoms with Gasteiger partial charge in [0.1, 0.15) is 17.6 Å². The fourth-order valence-electron chi connectivity index (χ4n) is 4.16. The van der Waals surface area contributed by atoms with E-state index in [1.165, 1.54) is 11.1 Å². The van der Waals surface area contributed by atoms with Crippen molar-refractivity contribution in [3.8, 4) is 11.5 Å². The monoisotopic (exact) mass is 550 g/mol. The van der Waals surface area contributed by atoms with E-state index in [0.717, 1.165) is 42.1 Å². The minimum absolute atomic E-state index is 0. The summed E-state index contributed by atoms with van der Waals surface area (Å²) in [6, 6.07) is 12.2. The molecule has 1 amide bonds. The molecule has 2 aromatic carbocycles. The SMILES string of the molecule is CCOc1cc2c(cc1CNC(=NC)NCC(=O)N1CCc3ccccc31)OC(C)C2.I. The zero-order chi connectivity index (χ0) is 21.8. The molecular weight excluding hydrogens is 519 g/mol. The Morgan fingerprint density at radius 3 is 2.84 bits per heavy atom. The van der Waals surface area contributed by atoms with Gasteiger partial charge in [-0.15, -0.1) is 24.0 Å². The van der Waals surface area contributed by atoms with Crippen LogP contribution >= 0.6 is 24.0 Å². The number of halogens is 1. The van der Waals surface area contributed by atoms with Gasteiger partial charge >= 0.3 is 0 Å². The van der Waals surface area contributed by atoms with Gasteiger partial charge in [-0.25, -0.2) is 0 Å². The van der Waals surface area contributed by atoms with Gasteiger partial charge in [-0.05, 0) is 44.0 Å². The molecule has 0 fully saturated rings. The molecule has 2 aromatic rings. The average Bonchev–Trinajstić information content (AvgIpc) is 3.36. The van der Waals surface area contributed by atoms with Crippen LogP contribution in [0.25, 0.3) is 0 Å². The van der Waals surface area contributed by atoms with Crippen molar-refractivity contribution >= 4 is 41.5 Å². The number of aliphatic imine (C=N–C) groups is 1. The van der Waals surface area contributed by atoms with Crippen LogP contribution in [0, 0.1) is 0 Å². The van der Waals surface area contributed by atoms with E-state index in [9.17, 15) is 4.79 Å². The summed E-state index contributed by atoms with van der Waals surface area (Å²) in [5, 5.41) is 6.42. The Labute approximate surface area is 206 Å². The maximum absolute atomic E-state index is 12.7. The summed E-state index contributed by atoms with van der Waals surface area (Å²) in [6.07, 6.45) is 1.98. The lowest BCUT2D eigenvalue weighted by Crippen LogP contribution is -2.44. The van der Waals surface area contributed by atoms with Gasteiger partial charge in [-0.3, -0.25) is 9.79 Å². The summed E-state index contributed by atoms with van der Waals surface area (Å²) in [5.74, 6) is 2.37. The molecule has 1 atom stereocenters. The summed E-state index contributed by atoms with van der Waals surface area (Å²) in [5.41, 5.74) is 4.40. The van der Waals surface area contributed by atoms with E-state index in [0.29, 0.717) is 19.1 Å². The number of hydrogen-bond acceptors (Lipinski definition) is 4. The predicted octanol–water partition coefficient (Wildman–Crippen LogP) is 3.28. The molecule has 0 radical (unpaired) electrons. The number of fused-ring (bicyclic) bond motifs is 2. The minimum Gasteiger partial charge on any atom is -0.494 e. The largest absolute Gasteiger partial charge is 0.494 e. The van der Waals surface area contributed by atoms with Crippen molar-refractivity contribution in [2.24, 2.45) is 4.99 Å². The van der Waals surface area contributed by atoms with Gasteiger partial charge in [0.25, 0.3) is 0 Å². The smallest absolute Gasteiger partial charge is 0.246 e. The first kappa shape index (κ1) is 24.2.